The Morgan fingerprint density at radius 1 is 1.47 bits per heavy atom. The number of methoxy groups -OCH3 is 1. The highest BCUT2D eigenvalue weighted by atomic mass is 16.5. The zero-order valence-electron chi connectivity index (χ0n) is 10.9. The minimum atomic E-state index is -0.265. The molecule has 94 valence electrons. The number of hydrogen-bond donors (Lipinski definition) is 0. The van der Waals surface area contributed by atoms with E-state index in [4.69, 9.17) is 4.74 Å². The summed E-state index contributed by atoms with van der Waals surface area (Å²) in [6.07, 6.45) is 2.43. The second-order valence-corrected chi connectivity index (χ2v) is 5.34. The summed E-state index contributed by atoms with van der Waals surface area (Å²) in [5.74, 6) is 0. The first-order valence-corrected chi connectivity index (χ1v) is 5.82. The van der Waals surface area contributed by atoms with Crippen LogP contribution in [0.2, 0.25) is 0 Å². The van der Waals surface area contributed by atoms with Gasteiger partial charge in [0.1, 0.15) is 0 Å². The molecule has 0 saturated heterocycles. The largest absolute Gasteiger partial charge is 0.453 e. The Morgan fingerprint density at radius 2 is 2.18 bits per heavy atom. The molecule has 1 aromatic heterocycles. The first kappa shape index (κ1) is 12.0. The molecule has 0 atom stereocenters. The van der Waals surface area contributed by atoms with Gasteiger partial charge in [0.2, 0.25) is 0 Å². The molecule has 1 amide bonds. The Hall–Kier alpha value is -1.52. The van der Waals surface area contributed by atoms with Crippen LogP contribution in [0.5, 0.6) is 0 Å². The van der Waals surface area contributed by atoms with E-state index in [-0.39, 0.29) is 11.6 Å². The van der Waals surface area contributed by atoms with Crippen molar-refractivity contribution < 1.29 is 9.53 Å². The summed E-state index contributed by atoms with van der Waals surface area (Å²) in [5.41, 5.74) is 2.34. The third-order valence-corrected chi connectivity index (χ3v) is 3.00. The van der Waals surface area contributed by atoms with Gasteiger partial charge in [-0.05, 0) is 20.8 Å². The van der Waals surface area contributed by atoms with E-state index in [0.717, 1.165) is 12.0 Å². The molecular weight excluding hydrogens is 218 g/mol. The van der Waals surface area contributed by atoms with E-state index in [0.29, 0.717) is 13.1 Å². The van der Waals surface area contributed by atoms with Crippen LogP contribution in [0.3, 0.4) is 0 Å². The maximum atomic E-state index is 11.5. The van der Waals surface area contributed by atoms with E-state index in [9.17, 15) is 4.79 Å². The quantitative estimate of drug-likeness (QED) is 0.690. The van der Waals surface area contributed by atoms with E-state index in [2.05, 4.69) is 30.6 Å². The van der Waals surface area contributed by atoms with Gasteiger partial charge in [-0.1, -0.05) is 0 Å². The Labute approximate surface area is 101 Å². The molecule has 0 N–H and O–H groups in total. The highest BCUT2D eigenvalue weighted by Crippen LogP contribution is 2.24. The van der Waals surface area contributed by atoms with E-state index in [1.807, 2.05) is 6.20 Å². The molecule has 1 aliphatic heterocycles. The molecule has 5 heteroatoms. The number of ether oxygens (including phenoxy) is 1. The molecular formula is C12H19N3O2. The molecule has 5 nitrogen and oxygen atoms in total. The Bertz CT molecular complexity index is 431. The Kier molecular flexibility index (Phi) is 2.85. The van der Waals surface area contributed by atoms with Crippen molar-refractivity contribution in [3.05, 3.63) is 17.5 Å². The summed E-state index contributed by atoms with van der Waals surface area (Å²) in [7, 11) is 1.41. The number of aromatic nitrogens is 2. The summed E-state index contributed by atoms with van der Waals surface area (Å²) < 4.78 is 6.79. The molecule has 0 saturated carbocycles. The van der Waals surface area contributed by atoms with Crippen molar-refractivity contribution in [2.24, 2.45) is 0 Å². The van der Waals surface area contributed by atoms with Gasteiger partial charge in [-0.25, -0.2) is 4.79 Å². The fourth-order valence-electron chi connectivity index (χ4n) is 2.19. The SMILES string of the molecule is COC(=O)N1CCc2c(cnn2C(C)(C)C)C1. The fourth-order valence-corrected chi connectivity index (χ4v) is 2.19. The van der Waals surface area contributed by atoms with Crippen LogP contribution in [-0.4, -0.2) is 34.4 Å². The Morgan fingerprint density at radius 3 is 2.76 bits per heavy atom. The van der Waals surface area contributed by atoms with E-state index in [1.165, 1.54) is 12.8 Å². The standard InChI is InChI=1S/C12H19N3O2/c1-12(2,3)15-10-5-6-14(11(16)17-4)8-9(10)7-13-15/h7H,5-6,8H2,1-4H3. The second kappa shape index (κ2) is 4.05. The molecule has 0 bridgehead atoms. The van der Waals surface area contributed by atoms with Gasteiger partial charge in [0, 0.05) is 24.2 Å². The van der Waals surface area contributed by atoms with Gasteiger partial charge in [0.05, 0.1) is 25.4 Å². The third-order valence-electron chi connectivity index (χ3n) is 3.00. The van der Waals surface area contributed by atoms with Crippen molar-refractivity contribution in [3.8, 4) is 0 Å². The number of carbonyl (C=O) groups excluding carboxylic acids is 1. The van der Waals surface area contributed by atoms with Crippen LogP contribution in [0.1, 0.15) is 32.0 Å². The van der Waals surface area contributed by atoms with Gasteiger partial charge in [0.15, 0.2) is 0 Å². The molecule has 0 aromatic carbocycles. The number of hydrogen-bond acceptors (Lipinski definition) is 3. The minimum absolute atomic E-state index is 0.0129. The first-order chi connectivity index (χ1) is 7.93. The number of rotatable bonds is 0. The molecule has 2 rings (SSSR count). The highest BCUT2D eigenvalue weighted by Gasteiger charge is 2.27. The van der Waals surface area contributed by atoms with Gasteiger partial charge >= 0.3 is 6.09 Å². The van der Waals surface area contributed by atoms with Crippen molar-refractivity contribution in [1.29, 1.82) is 0 Å². The lowest BCUT2D eigenvalue weighted by atomic mass is 10.0. The monoisotopic (exact) mass is 237 g/mol. The average molecular weight is 237 g/mol. The summed E-state index contributed by atoms with van der Waals surface area (Å²) in [6, 6.07) is 0. The lowest BCUT2D eigenvalue weighted by Crippen LogP contribution is -2.37. The second-order valence-electron chi connectivity index (χ2n) is 5.34. The van der Waals surface area contributed by atoms with E-state index >= 15 is 0 Å². The van der Waals surface area contributed by atoms with Crippen LogP contribution >= 0.6 is 0 Å². The normalized spacial score (nSPS) is 15.6. The lowest BCUT2D eigenvalue weighted by molar-refractivity contribution is 0.118. The zero-order valence-corrected chi connectivity index (χ0v) is 10.9. The highest BCUT2D eigenvalue weighted by molar-refractivity contribution is 5.67. The van der Waals surface area contributed by atoms with Crippen LogP contribution in [0, 0.1) is 0 Å². The van der Waals surface area contributed by atoms with Gasteiger partial charge in [-0.15, -0.1) is 0 Å². The summed E-state index contributed by atoms with van der Waals surface area (Å²) >= 11 is 0. The zero-order chi connectivity index (χ0) is 12.6. The smallest absolute Gasteiger partial charge is 0.409 e. The number of carbonyl (C=O) groups is 1. The number of amides is 1. The topological polar surface area (TPSA) is 47.4 Å². The van der Waals surface area contributed by atoms with Crippen molar-refractivity contribution in [1.82, 2.24) is 14.7 Å². The van der Waals surface area contributed by atoms with Crippen LogP contribution in [0.15, 0.2) is 6.20 Å². The molecule has 0 spiro atoms. The fraction of sp³-hybridized carbons (Fsp3) is 0.667. The van der Waals surface area contributed by atoms with Crippen LogP contribution in [0.25, 0.3) is 0 Å². The molecule has 17 heavy (non-hydrogen) atoms. The van der Waals surface area contributed by atoms with Crippen molar-refractivity contribution >= 4 is 6.09 Å². The maximum Gasteiger partial charge on any atom is 0.409 e. The van der Waals surface area contributed by atoms with Crippen LogP contribution in [-0.2, 0) is 23.2 Å². The lowest BCUT2D eigenvalue weighted by Gasteiger charge is -2.29. The van der Waals surface area contributed by atoms with Gasteiger partial charge in [-0.3, -0.25) is 4.68 Å². The maximum absolute atomic E-state index is 11.5. The van der Waals surface area contributed by atoms with E-state index in [1.54, 1.807) is 4.90 Å². The molecule has 2 heterocycles. The molecule has 0 radical (unpaired) electrons. The van der Waals surface area contributed by atoms with Gasteiger partial charge in [0.25, 0.3) is 0 Å². The number of fused-ring (bicyclic) bond motifs is 1. The van der Waals surface area contributed by atoms with Crippen molar-refractivity contribution in [2.45, 2.75) is 39.3 Å². The molecule has 0 fully saturated rings. The molecule has 1 aliphatic rings. The summed E-state index contributed by atoms with van der Waals surface area (Å²) in [4.78, 5) is 13.2. The van der Waals surface area contributed by atoms with Crippen LogP contribution in [0.4, 0.5) is 4.79 Å². The van der Waals surface area contributed by atoms with Crippen molar-refractivity contribution in [2.75, 3.05) is 13.7 Å². The van der Waals surface area contributed by atoms with Crippen molar-refractivity contribution in [3.63, 3.8) is 0 Å². The molecule has 1 aromatic rings. The average Bonchev–Trinajstić information content (AvgIpc) is 2.70. The van der Waals surface area contributed by atoms with E-state index < -0.39 is 0 Å². The van der Waals surface area contributed by atoms with Gasteiger partial charge < -0.3 is 9.64 Å². The van der Waals surface area contributed by atoms with Crippen LogP contribution < -0.4 is 0 Å². The predicted octanol–water partition coefficient (Wildman–Crippen LogP) is 1.76. The van der Waals surface area contributed by atoms with Gasteiger partial charge in [-0.2, -0.15) is 5.10 Å². The Balaban J connectivity index is 2.25. The molecule has 0 aliphatic carbocycles. The third kappa shape index (κ3) is 2.14. The molecule has 0 unspecified atom stereocenters. The minimum Gasteiger partial charge on any atom is -0.453 e. The summed E-state index contributed by atoms with van der Waals surface area (Å²) in [5, 5.41) is 4.43. The predicted molar refractivity (Wildman–Crippen MR) is 63.7 cm³/mol. The summed E-state index contributed by atoms with van der Waals surface area (Å²) in [6.45, 7) is 7.69. The number of nitrogens with zero attached hydrogens (tertiary/aromatic N) is 3. The first-order valence-electron chi connectivity index (χ1n) is 5.82.